The van der Waals surface area contributed by atoms with E-state index in [0.717, 1.165) is 5.92 Å². The normalized spacial score (nSPS) is 38.5. The van der Waals surface area contributed by atoms with Gasteiger partial charge in [-0.2, -0.15) is 0 Å². The predicted octanol–water partition coefficient (Wildman–Crippen LogP) is 2.91. The van der Waals surface area contributed by atoms with Crippen LogP contribution in [0, 0.1) is 5.92 Å². The zero-order valence-corrected chi connectivity index (χ0v) is 9.06. The highest BCUT2D eigenvalue weighted by Crippen LogP contribution is 2.36. The van der Waals surface area contributed by atoms with Gasteiger partial charge >= 0.3 is 0 Å². The average molecular weight is 169 g/mol. The van der Waals surface area contributed by atoms with Crippen LogP contribution < -0.4 is 0 Å². The van der Waals surface area contributed by atoms with Gasteiger partial charge < -0.3 is 4.90 Å². The number of piperidine rings is 1. The van der Waals surface area contributed by atoms with E-state index >= 15 is 0 Å². The first-order chi connectivity index (χ1) is 5.65. The molecule has 72 valence electrons. The molecule has 1 fully saturated rings. The Morgan fingerprint density at radius 3 is 2.50 bits per heavy atom. The van der Waals surface area contributed by atoms with E-state index in [1.165, 1.54) is 32.2 Å². The third-order valence-corrected chi connectivity index (χ3v) is 4.01. The molecule has 0 spiro atoms. The van der Waals surface area contributed by atoms with Crippen molar-refractivity contribution in [2.75, 3.05) is 13.6 Å². The highest BCUT2D eigenvalue weighted by atomic mass is 15.2. The molecule has 1 nitrogen and oxygen atoms in total. The van der Waals surface area contributed by atoms with Crippen molar-refractivity contribution in [1.82, 2.24) is 4.90 Å². The van der Waals surface area contributed by atoms with E-state index in [9.17, 15) is 0 Å². The van der Waals surface area contributed by atoms with E-state index in [0.29, 0.717) is 5.54 Å². The third kappa shape index (κ3) is 1.52. The molecule has 0 aromatic carbocycles. The summed E-state index contributed by atoms with van der Waals surface area (Å²) in [6.07, 6.45) is 5.46. The van der Waals surface area contributed by atoms with Crippen molar-refractivity contribution >= 4 is 0 Å². The first kappa shape index (κ1) is 10.0. The summed E-state index contributed by atoms with van der Waals surface area (Å²) >= 11 is 0. The van der Waals surface area contributed by atoms with Gasteiger partial charge in [-0.05, 0) is 45.7 Å². The summed E-state index contributed by atoms with van der Waals surface area (Å²) < 4.78 is 0. The molecule has 2 unspecified atom stereocenters. The Labute approximate surface area is 77.1 Å². The number of hydrogen-bond donors (Lipinski definition) is 0. The van der Waals surface area contributed by atoms with Gasteiger partial charge in [0.25, 0.3) is 0 Å². The molecule has 1 aliphatic heterocycles. The monoisotopic (exact) mass is 169 g/mol. The molecule has 12 heavy (non-hydrogen) atoms. The van der Waals surface area contributed by atoms with Crippen LogP contribution in [0.1, 0.15) is 46.5 Å². The van der Waals surface area contributed by atoms with Crippen LogP contribution >= 0.6 is 0 Å². The number of likely N-dealkylation sites (tertiary alicyclic amines) is 1. The first-order valence-electron chi connectivity index (χ1n) is 5.36. The molecule has 0 aliphatic carbocycles. The van der Waals surface area contributed by atoms with Gasteiger partial charge in [0.2, 0.25) is 0 Å². The summed E-state index contributed by atoms with van der Waals surface area (Å²) in [5, 5.41) is 0. The van der Waals surface area contributed by atoms with Crippen LogP contribution in [0.3, 0.4) is 0 Å². The SMILES string of the molecule is CCC1CCCN(C)C1(C)CC. The number of rotatable bonds is 2. The molecule has 0 amide bonds. The Morgan fingerprint density at radius 2 is 2.08 bits per heavy atom. The van der Waals surface area contributed by atoms with Crippen molar-refractivity contribution in [3.05, 3.63) is 0 Å². The lowest BCUT2D eigenvalue weighted by Gasteiger charge is -2.48. The Morgan fingerprint density at radius 1 is 1.42 bits per heavy atom. The van der Waals surface area contributed by atoms with Crippen molar-refractivity contribution in [1.29, 1.82) is 0 Å². The molecule has 0 radical (unpaired) electrons. The minimum absolute atomic E-state index is 0.479. The van der Waals surface area contributed by atoms with Crippen LogP contribution in [0.4, 0.5) is 0 Å². The summed E-state index contributed by atoms with van der Waals surface area (Å²) in [4.78, 5) is 2.56. The van der Waals surface area contributed by atoms with Gasteiger partial charge in [0.05, 0.1) is 0 Å². The van der Waals surface area contributed by atoms with Crippen LogP contribution in [-0.4, -0.2) is 24.0 Å². The quantitative estimate of drug-likeness (QED) is 0.614. The summed E-state index contributed by atoms with van der Waals surface area (Å²) in [5.74, 6) is 0.918. The minimum atomic E-state index is 0.479. The lowest BCUT2D eigenvalue weighted by Crippen LogP contribution is -2.52. The van der Waals surface area contributed by atoms with Crippen molar-refractivity contribution in [3.63, 3.8) is 0 Å². The Hall–Kier alpha value is -0.0400. The molecule has 1 heteroatoms. The lowest BCUT2D eigenvalue weighted by atomic mass is 9.75. The molecule has 0 aromatic heterocycles. The topological polar surface area (TPSA) is 3.24 Å². The largest absolute Gasteiger partial charge is 0.301 e. The summed E-state index contributed by atoms with van der Waals surface area (Å²) in [6.45, 7) is 8.38. The minimum Gasteiger partial charge on any atom is -0.301 e. The zero-order chi connectivity index (χ0) is 9.19. The van der Waals surface area contributed by atoms with E-state index in [-0.39, 0.29) is 0 Å². The molecule has 1 saturated heterocycles. The van der Waals surface area contributed by atoms with E-state index in [1.807, 2.05) is 0 Å². The fourth-order valence-electron chi connectivity index (χ4n) is 2.66. The molecular weight excluding hydrogens is 146 g/mol. The van der Waals surface area contributed by atoms with Crippen LogP contribution in [-0.2, 0) is 0 Å². The Kier molecular flexibility index (Phi) is 3.16. The Bertz CT molecular complexity index is 144. The van der Waals surface area contributed by atoms with Gasteiger partial charge in [-0.3, -0.25) is 0 Å². The van der Waals surface area contributed by atoms with Crippen LogP contribution in [0.5, 0.6) is 0 Å². The van der Waals surface area contributed by atoms with Gasteiger partial charge in [-0.1, -0.05) is 20.3 Å². The van der Waals surface area contributed by atoms with Crippen molar-refractivity contribution in [2.24, 2.45) is 5.92 Å². The lowest BCUT2D eigenvalue weighted by molar-refractivity contribution is 0.0242. The second kappa shape index (κ2) is 3.78. The van der Waals surface area contributed by atoms with Crippen LogP contribution in [0.2, 0.25) is 0 Å². The molecule has 1 heterocycles. The first-order valence-corrected chi connectivity index (χ1v) is 5.36. The maximum Gasteiger partial charge on any atom is 0.0203 e. The van der Waals surface area contributed by atoms with Gasteiger partial charge in [0.1, 0.15) is 0 Å². The van der Waals surface area contributed by atoms with Gasteiger partial charge in [-0.25, -0.2) is 0 Å². The number of hydrogen-bond acceptors (Lipinski definition) is 1. The fourth-order valence-corrected chi connectivity index (χ4v) is 2.66. The average Bonchev–Trinajstić information content (AvgIpc) is 2.10. The van der Waals surface area contributed by atoms with Gasteiger partial charge in [0, 0.05) is 5.54 Å². The molecule has 0 saturated carbocycles. The Balaban J connectivity index is 2.72. The standard InChI is InChI=1S/C11H23N/c1-5-10-8-7-9-12(4)11(10,3)6-2/h10H,5-9H2,1-4H3. The van der Waals surface area contributed by atoms with E-state index in [1.54, 1.807) is 0 Å². The summed E-state index contributed by atoms with van der Waals surface area (Å²) in [6, 6.07) is 0. The molecule has 0 aromatic rings. The maximum absolute atomic E-state index is 2.56. The van der Waals surface area contributed by atoms with Gasteiger partial charge in [-0.15, -0.1) is 0 Å². The second-order valence-electron chi connectivity index (χ2n) is 4.38. The predicted molar refractivity (Wildman–Crippen MR) is 54.3 cm³/mol. The smallest absolute Gasteiger partial charge is 0.0203 e. The molecular formula is C11H23N. The van der Waals surface area contributed by atoms with Crippen molar-refractivity contribution in [3.8, 4) is 0 Å². The number of nitrogens with zero attached hydrogens (tertiary/aromatic N) is 1. The maximum atomic E-state index is 2.56. The third-order valence-electron chi connectivity index (χ3n) is 4.01. The van der Waals surface area contributed by atoms with Crippen molar-refractivity contribution < 1.29 is 0 Å². The van der Waals surface area contributed by atoms with E-state index in [2.05, 4.69) is 32.7 Å². The highest BCUT2D eigenvalue weighted by Gasteiger charge is 2.37. The molecule has 0 N–H and O–H groups in total. The van der Waals surface area contributed by atoms with E-state index in [4.69, 9.17) is 0 Å². The van der Waals surface area contributed by atoms with Crippen LogP contribution in [0.15, 0.2) is 0 Å². The van der Waals surface area contributed by atoms with Gasteiger partial charge in [0.15, 0.2) is 0 Å². The zero-order valence-electron chi connectivity index (χ0n) is 9.06. The fraction of sp³-hybridized carbons (Fsp3) is 1.00. The molecule has 1 rings (SSSR count). The van der Waals surface area contributed by atoms with Crippen LogP contribution in [0.25, 0.3) is 0 Å². The van der Waals surface area contributed by atoms with Crippen molar-refractivity contribution in [2.45, 2.75) is 52.0 Å². The molecule has 1 aliphatic rings. The summed E-state index contributed by atoms with van der Waals surface area (Å²) in [7, 11) is 2.28. The molecule has 0 bridgehead atoms. The second-order valence-corrected chi connectivity index (χ2v) is 4.38. The molecule has 2 atom stereocenters. The highest BCUT2D eigenvalue weighted by molar-refractivity contribution is 4.92. The summed E-state index contributed by atoms with van der Waals surface area (Å²) in [5.41, 5.74) is 0.479. The van der Waals surface area contributed by atoms with E-state index < -0.39 is 0 Å².